The van der Waals surface area contributed by atoms with E-state index in [2.05, 4.69) is 0 Å². The third-order valence-electron chi connectivity index (χ3n) is 2.22. The smallest absolute Gasteiger partial charge is 0.123 e. The molecule has 0 bridgehead atoms. The van der Waals surface area contributed by atoms with E-state index in [-0.39, 0.29) is 11.6 Å². The molecule has 92 valence electrons. The molecule has 0 radical (unpaired) electrons. The van der Waals surface area contributed by atoms with Crippen molar-refractivity contribution in [3.05, 3.63) is 29.6 Å². The van der Waals surface area contributed by atoms with Gasteiger partial charge in [-0.2, -0.15) is 5.26 Å². The Morgan fingerprint density at radius 2 is 2.29 bits per heavy atom. The lowest BCUT2D eigenvalue weighted by molar-refractivity contribution is 0.410. The molecule has 1 aromatic rings. The highest BCUT2D eigenvalue weighted by atomic mass is 32.2. The van der Waals surface area contributed by atoms with Crippen LogP contribution < -0.4 is 4.74 Å². The second-order valence-corrected chi connectivity index (χ2v) is 5.08. The average molecular weight is 255 g/mol. The van der Waals surface area contributed by atoms with E-state index >= 15 is 0 Å². The van der Waals surface area contributed by atoms with E-state index in [1.807, 2.05) is 6.07 Å². The standard InChI is InChI=1S/C12H14FNO2S/c1-16-12-5-4-11(13)8-10(12)9-17(15)7-3-2-6-14/h4-5,8H,2-3,7,9H2,1H3/t17-/m0/s1. The number of hydrogen-bond acceptors (Lipinski definition) is 3. The van der Waals surface area contributed by atoms with Gasteiger partial charge in [-0.15, -0.1) is 0 Å². The normalized spacial score (nSPS) is 11.8. The molecule has 1 atom stereocenters. The van der Waals surface area contributed by atoms with Crippen LogP contribution in [0.1, 0.15) is 18.4 Å². The highest BCUT2D eigenvalue weighted by Crippen LogP contribution is 2.21. The van der Waals surface area contributed by atoms with Gasteiger partial charge in [0, 0.05) is 28.5 Å². The maximum Gasteiger partial charge on any atom is 0.123 e. The number of hydrogen-bond donors (Lipinski definition) is 0. The van der Waals surface area contributed by atoms with Gasteiger partial charge in [0.25, 0.3) is 0 Å². The van der Waals surface area contributed by atoms with Crippen LogP contribution in [0.3, 0.4) is 0 Å². The minimum atomic E-state index is -1.09. The molecule has 0 N–H and O–H groups in total. The third-order valence-corrected chi connectivity index (χ3v) is 3.60. The van der Waals surface area contributed by atoms with Gasteiger partial charge in [-0.1, -0.05) is 0 Å². The lowest BCUT2D eigenvalue weighted by Gasteiger charge is -2.08. The van der Waals surface area contributed by atoms with E-state index in [1.54, 1.807) is 0 Å². The molecule has 0 unspecified atom stereocenters. The largest absolute Gasteiger partial charge is 0.496 e. The Hall–Kier alpha value is -1.41. The lowest BCUT2D eigenvalue weighted by Crippen LogP contribution is -2.03. The van der Waals surface area contributed by atoms with E-state index in [4.69, 9.17) is 10.00 Å². The Labute approximate surface area is 103 Å². The minimum Gasteiger partial charge on any atom is -0.496 e. The highest BCUT2D eigenvalue weighted by Gasteiger charge is 2.08. The van der Waals surface area contributed by atoms with E-state index < -0.39 is 10.8 Å². The van der Waals surface area contributed by atoms with Gasteiger partial charge in [0.1, 0.15) is 11.6 Å². The van der Waals surface area contributed by atoms with Crippen LogP contribution in [0, 0.1) is 17.1 Å². The molecule has 17 heavy (non-hydrogen) atoms. The van der Waals surface area contributed by atoms with Crippen molar-refractivity contribution in [3.8, 4) is 11.8 Å². The minimum absolute atomic E-state index is 0.256. The Balaban J connectivity index is 2.64. The van der Waals surface area contributed by atoms with Crippen LogP contribution in [-0.4, -0.2) is 17.1 Å². The molecular formula is C12H14FNO2S. The zero-order valence-electron chi connectivity index (χ0n) is 9.61. The molecule has 0 aliphatic rings. The number of unbranched alkanes of at least 4 members (excludes halogenated alkanes) is 1. The number of methoxy groups -OCH3 is 1. The van der Waals surface area contributed by atoms with Crippen molar-refractivity contribution in [2.75, 3.05) is 12.9 Å². The summed E-state index contributed by atoms with van der Waals surface area (Å²) in [5.41, 5.74) is 0.600. The maximum atomic E-state index is 13.0. The third kappa shape index (κ3) is 4.53. The molecule has 0 aromatic heterocycles. The number of nitriles is 1. The van der Waals surface area contributed by atoms with Gasteiger partial charge in [-0.05, 0) is 24.6 Å². The second-order valence-electron chi connectivity index (χ2n) is 3.51. The summed E-state index contributed by atoms with van der Waals surface area (Å²) in [6.07, 6.45) is 0.993. The van der Waals surface area contributed by atoms with Gasteiger partial charge in [-0.3, -0.25) is 4.21 Å². The van der Waals surface area contributed by atoms with Crippen LogP contribution in [0.4, 0.5) is 4.39 Å². The van der Waals surface area contributed by atoms with Crippen molar-refractivity contribution >= 4 is 10.8 Å². The number of nitrogens with zero attached hydrogens (tertiary/aromatic N) is 1. The number of rotatable bonds is 6. The van der Waals surface area contributed by atoms with Gasteiger partial charge >= 0.3 is 0 Å². The summed E-state index contributed by atoms with van der Waals surface area (Å²) >= 11 is 0. The van der Waals surface area contributed by atoms with E-state index in [9.17, 15) is 8.60 Å². The summed E-state index contributed by atoms with van der Waals surface area (Å²) in [6, 6.07) is 6.17. The van der Waals surface area contributed by atoms with Crippen LogP contribution in [0.25, 0.3) is 0 Å². The zero-order valence-corrected chi connectivity index (χ0v) is 10.4. The maximum absolute atomic E-state index is 13.0. The second kappa shape index (κ2) is 7.02. The molecule has 0 heterocycles. The fraction of sp³-hybridized carbons (Fsp3) is 0.417. The highest BCUT2D eigenvalue weighted by molar-refractivity contribution is 7.84. The van der Waals surface area contributed by atoms with Gasteiger partial charge in [-0.25, -0.2) is 4.39 Å². The van der Waals surface area contributed by atoms with Gasteiger partial charge in [0.15, 0.2) is 0 Å². The van der Waals surface area contributed by atoms with Crippen molar-refractivity contribution in [3.63, 3.8) is 0 Å². The van der Waals surface area contributed by atoms with Crippen LogP contribution in [0.2, 0.25) is 0 Å². The van der Waals surface area contributed by atoms with Crippen molar-refractivity contribution in [2.45, 2.75) is 18.6 Å². The predicted molar refractivity (Wildman–Crippen MR) is 64.5 cm³/mol. The fourth-order valence-corrected chi connectivity index (χ4v) is 2.60. The summed E-state index contributed by atoms with van der Waals surface area (Å²) in [6.45, 7) is 0. The number of ether oxygens (including phenoxy) is 1. The van der Waals surface area contributed by atoms with Crippen LogP contribution in [-0.2, 0) is 16.6 Å². The molecule has 1 rings (SSSR count). The van der Waals surface area contributed by atoms with Crippen molar-refractivity contribution in [2.24, 2.45) is 0 Å². The Morgan fingerprint density at radius 3 is 2.94 bits per heavy atom. The molecule has 3 nitrogen and oxygen atoms in total. The molecule has 0 aliphatic heterocycles. The first-order valence-corrected chi connectivity index (χ1v) is 6.70. The quantitative estimate of drug-likeness (QED) is 0.733. The van der Waals surface area contributed by atoms with Crippen LogP contribution >= 0.6 is 0 Å². The van der Waals surface area contributed by atoms with Gasteiger partial charge in [0.2, 0.25) is 0 Å². The van der Waals surface area contributed by atoms with Crippen molar-refractivity contribution in [1.82, 2.24) is 0 Å². The molecule has 1 aromatic carbocycles. The molecule has 0 fully saturated rings. The Kier molecular flexibility index (Phi) is 5.64. The average Bonchev–Trinajstić information content (AvgIpc) is 2.29. The van der Waals surface area contributed by atoms with Crippen LogP contribution in [0.15, 0.2) is 18.2 Å². The molecule has 0 saturated carbocycles. The van der Waals surface area contributed by atoms with E-state index in [1.165, 1.54) is 25.3 Å². The van der Waals surface area contributed by atoms with E-state index in [0.717, 1.165) is 0 Å². The van der Waals surface area contributed by atoms with Crippen molar-refractivity contribution < 1.29 is 13.3 Å². The van der Waals surface area contributed by atoms with E-state index in [0.29, 0.717) is 29.9 Å². The Morgan fingerprint density at radius 1 is 1.53 bits per heavy atom. The first kappa shape index (κ1) is 13.7. The van der Waals surface area contributed by atoms with Crippen molar-refractivity contribution in [1.29, 1.82) is 5.26 Å². The molecule has 0 amide bonds. The number of halogens is 1. The fourth-order valence-electron chi connectivity index (χ4n) is 1.42. The van der Waals surface area contributed by atoms with Gasteiger partial charge in [0.05, 0.1) is 18.9 Å². The topological polar surface area (TPSA) is 50.1 Å². The zero-order chi connectivity index (χ0) is 12.7. The number of benzene rings is 1. The molecule has 5 heteroatoms. The SMILES string of the molecule is COc1ccc(F)cc1C[S@@](=O)CCCC#N. The van der Waals surface area contributed by atoms with Gasteiger partial charge < -0.3 is 4.74 Å². The monoisotopic (exact) mass is 255 g/mol. The molecular weight excluding hydrogens is 241 g/mol. The Bertz CT molecular complexity index is 443. The first-order chi connectivity index (χ1) is 8.17. The summed E-state index contributed by atoms with van der Waals surface area (Å²) < 4.78 is 29.8. The summed E-state index contributed by atoms with van der Waals surface area (Å²) in [4.78, 5) is 0. The summed E-state index contributed by atoms with van der Waals surface area (Å²) in [7, 11) is 0.405. The van der Waals surface area contributed by atoms with Crippen LogP contribution in [0.5, 0.6) is 5.75 Å². The lowest BCUT2D eigenvalue weighted by atomic mass is 10.2. The predicted octanol–water partition coefficient (Wildman–Crippen LogP) is 2.39. The summed E-state index contributed by atoms with van der Waals surface area (Å²) in [5.74, 6) is 0.884. The summed E-state index contributed by atoms with van der Waals surface area (Å²) in [5, 5.41) is 8.37. The molecule has 0 aliphatic carbocycles. The molecule has 0 spiro atoms. The first-order valence-electron chi connectivity index (χ1n) is 5.21. The molecule has 0 saturated heterocycles.